The third kappa shape index (κ3) is 3.81. The smallest absolute Gasteiger partial charge is 0.255 e. The molecule has 26 heavy (non-hydrogen) atoms. The summed E-state index contributed by atoms with van der Waals surface area (Å²) >= 11 is 11.4. The summed E-state index contributed by atoms with van der Waals surface area (Å²) in [4.78, 5) is 13.0. The summed E-state index contributed by atoms with van der Waals surface area (Å²) in [5.41, 5.74) is 2.67. The fourth-order valence-corrected chi connectivity index (χ4v) is 3.34. The number of allylic oxidation sites excluding steroid dienone is 1. The fourth-order valence-electron chi connectivity index (χ4n) is 2.87. The van der Waals surface area contributed by atoms with Crippen molar-refractivity contribution >= 4 is 40.5 Å². The second-order valence-corrected chi connectivity index (χ2v) is 6.62. The van der Waals surface area contributed by atoms with E-state index in [-0.39, 0.29) is 5.91 Å². The molecule has 5 nitrogen and oxygen atoms in total. The van der Waals surface area contributed by atoms with Gasteiger partial charge in [-0.2, -0.15) is 0 Å². The maximum absolute atomic E-state index is 13.0. The second-order valence-electron chi connectivity index (χ2n) is 5.78. The summed E-state index contributed by atoms with van der Waals surface area (Å²) < 4.78 is 5.30. The van der Waals surface area contributed by atoms with Crippen molar-refractivity contribution in [2.45, 2.75) is 13.0 Å². The first-order chi connectivity index (χ1) is 12.5. The van der Waals surface area contributed by atoms with Gasteiger partial charge >= 0.3 is 0 Å². The van der Waals surface area contributed by atoms with Crippen LogP contribution in [0.3, 0.4) is 0 Å². The topological polar surface area (TPSA) is 62.4 Å². The second kappa shape index (κ2) is 7.76. The van der Waals surface area contributed by atoms with E-state index < -0.39 is 6.04 Å². The molecule has 1 amide bonds. The summed E-state index contributed by atoms with van der Waals surface area (Å²) in [5.74, 6) is 0.338. The highest BCUT2D eigenvalue weighted by Gasteiger charge is 2.30. The number of ether oxygens (including phenoxy) is 1. The Labute approximate surface area is 162 Å². The summed E-state index contributed by atoms with van der Waals surface area (Å²) in [6.07, 6.45) is 0. The molecule has 7 heteroatoms. The fraction of sp³-hybridized carbons (Fsp3) is 0.158. The average molecular weight is 388 g/mol. The Balaban J connectivity index is 1.97. The van der Waals surface area contributed by atoms with Crippen molar-refractivity contribution in [1.29, 1.82) is 0 Å². The Hall–Kier alpha value is -2.57. The number of benzene rings is 2. The van der Waals surface area contributed by atoms with E-state index in [0.717, 1.165) is 5.56 Å². The number of carbonyl (C=O) groups is 1. The first-order valence-electron chi connectivity index (χ1n) is 7.97. The van der Waals surface area contributed by atoms with Gasteiger partial charge in [0.25, 0.3) is 5.91 Å². The maximum atomic E-state index is 13.0. The molecule has 2 aromatic carbocycles. The molecule has 0 saturated carbocycles. The van der Waals surface area contributed by atoms with Gasteiger partial charge in [0.1, 0.15) is 5.75 Å². The number of rotatable bonds is 4. The molecular weight excluding hydrogens is 370 g/mol. The van der Waals surface area contributed by atoms with Crippen LogP contribution in [-0.4, -0.2) is 18.1 Å². The molecule has 134 valence electrons. The van der Waals surface area contributed by atoms with E-state index >= 15 is 0 Å². The molecule has 0 aliphatic carbocycles. The number of para-hydroxylation sites is 2. The van der Waals surface area contributed by atoms with Gasteiger partial charge < -0.3 is 20.7 Å². The number of hydrogen-bond donors (Lipinski definition) is 3. The largest absolute Gasteiger partial charge is 0.495 e. The van der Waals surface area contributed by atoms with Crippen molar-refractivity contribution in [3.05, 3.63) is 70.4 Å². The molecule has 3 N–H and O–H groups in total. The van der Waals surface area contributed by atoms with Gasteiger partial charge in [-0.15, -0.1) is 0 Å². The summed E-state index contributed by atoms with van der Waals surface area (Å²) in [5, 5.41) is 10.1. The van der Waals surface area contributed by atoms with E-state index in [9.17, 15) is 4.79 Å². The quantitative estimate of drug-likeness (QED) is 0.697. The lowest BCUT2D eigenvalue weighted by atomic mass is 9.95. The molecule has 0 bridgehead atoms. The van der Waals surface area contributed by atoms with Crippen LogP contribution in [0.1, 0.15) is 18.5 Å². The van der Waals surface area contributed by atoms with Crippen LogP contribution in [0.25, 0.3) is 0 Å². The Morgan fingerprint density at radius 1 is 1.23 bits per heavy atom. The summed E-state index contributed by atoms with van der Waals surface area (Å²) in [7, 11) is 1.56. The van der Waals surface area contributed by atoms with Gasteiger partial charge in [0.2, 0.25) is 0 Å². The summed E-state index contributed by atoms with van der Waals surface area (Å²) in [6, 6.07) is 14.2. The molecule has 0 aromatic heterocycles. The lowest BCUT2D eigenvalue weighted by Gasteiger charge is -2.30. The van der Waals surface area contributed by atoms with Crippen molar-refractivity contribution in [2.75, 3.05) is 12.4 Å². The van der Waals surface area contributed by atoms with Crippen molar-refractivity contribution in [3.8, 4) is 5.75 Å². The first-order valence-corrected chi connectivity index (χ1v) is 8.76. The van der Waals surface area contributed by atoms with E-state index in [1.807, 2.05) is 37.3 Å². The van der Waals surface area contributed by atoms with Crippen LogP contribution in [0.2, 0.25) is 5.02 Å². The number of nitrogens with one attached hydrogen (secondary N) is 3. The van der Waals surface area contributed by atoms with E-state index in [1.165, 1.54) is 0 Å². The van der Waals surface area contributed by atoms with E-state index in [4.69, 9.17) is 28.6 Å². The minimum Gasteiger partial charge on any atom is -0.495 e. The number of methoxy groups -OCH3 is 1. The zero-order chi connectivity index (χ0) is 18.7. The van der Waals surface area contributed by atoms with Crippen LogP contribution in [0, 0.1) is 0 Å². The van der Waals surface area contributed by atoms with Gasteiger partial charge in [-0.05, 0) is 49.0 Å². The van der Waals surface area contributed by atoms with E-state index in [2.05, 4.69) is 16.0 Å². The number of halogens is 1. The van der Waals surface area contributed by atoms with Gasteiger partial charge in [0.15, 0.2) is 5.11 Å². The number of carbonyl (C=O) groups excluding carboxylic acids is 1. The van der Waals surface area contributed by atoms with Crippen LogP contribution in [0.15, 0.2) is 59.8 Å². The molecule has 1 atom stereocenters. The molecule has 3 rings (SSSR count). The highest BCUT2D eigenvalue weighted by atomic mass is 35.5. The van der Waals surface area contributed by atoms with E-state index in [0.29, 0.717) is 32.8 Å². The average Bonchev–Trinajstić information content (AvgIpc) is 2.61. The lowest BCUT2D eigenvalue weighted by Crippen LogP contribution is -2.45. The standard InChI is InChI=1S/C19H18ClN3O2S/c1-11-16(18(24)22-14-8-3-4-9-15(14)25-2)17(23-19(26)21-11)12-6-5-7-13(20)10-12/h3-10,17H,1-2H3,(H,22,24)(H2,21,23,26)/t17-/m0/s1. The highest BCUT2D eigenvalue weighted by molar-refractivity contribution is 7.80. The summed E-state index contributed by atoms with van der Waals surface area (Å²) in [6.45, 7) is 1.82. The lowest BCUT2D eigenvalue weighted by molar-refractivity contribution is -0.113. The van der Waals surface area contributed by atoms with Crippen LogP contribution in [-0.2, 0) is 4.79 Å². The van der Waals surface area contributed by atoms with Crippen LogP contribution in [0.5, 0.6) is 5.75 Å². The molecule has 0 unspecified atom stereocenters. The monoisotopic (exact) mass is 387 g/mol. The third-order valence-corrected chi connectivity index (χ3v) is 4.51. The Morgan fingerprint density at radius 2 is 2.00 bits per heavy atom. The zero-order valence-corrected chi connectivity index (χ0v) is 15.9. The maximum Gasteiger partial charge on any atom is 0.255 e. The van der Waals surface area contributed by atoms with Gasteiger partial charge in [-0.25, -0.2) is 0 Å². The number of amides is 1. The Morgan fingerprint density at radius 3 is 2.73 bits per heavy atom. The third-order valence-electron chi connectivity index (χ3n) is 4.05. The number of hydrogen-bond acceptors (Lipinski definition) is 3. The molecule has 1 heterocycles. The van der Waals surface area contributed by atoms with Gasteiger partial charge in [-0.1, -0.05) is 35.9 Å². The molecule has 1 aliphatic rings. The molecule has 0 radical (unpaired) electrons. The van der Waals surface area contributed by atoms with Gasteiger partial charge in [-0.3, -0.25) is 4.79 Å². The zero-order valence-electron chi connectivity index (χ0n) is 14.3. The van der Waals surface area contributed by atoms with Crippen molar-refractivity contribution in [2.24, 2.45) is 0 Å². The highest BCUT2D eigenvalue weighted by Crippen LogP contribution is 2.30. The molecule has 1 aliphatic heterocycles. The molecule has 0 spiro atoms. The molecule has 0 fully saturated rings. The molecule has 2 aromatic rings. The van der Waals surface area contributed by atoms with Crippen molar-refractivity contribution in [1.82, 2.24) is 10.6 Å². The van der Waals surface area contributed by atoms with Crippen LogP contribution >= 0.6 is 23.8 Å². The van der Waals surface area contributed by atoms with Crippen molar-refractivity contribution in [3.63, 3.8) is 0 Å². The van der Waals surface area contributed by atoms with Crippen LogP contribution < -0.4 is 20.7 Å². The van der Waals surface area contributed by atoms with Crippen molar-refractivity contribution < 1.29 is 9.53 Å². The first kappa shape index (κ1) is 18.2. The normalized spacial score (nSPS) is 16.6. The van der Waals surface area contributed by atoms with Gasteiger partial charge in [0, 0.05) is 10.7 Å². The number of anilines is 1. The number of thiocarbonyl (C=S) groups is 1. The van der Waals surface area contributed by atoms with Crippen LogP contribution in [0.4, 0.5) is 5.69 Å². The van der Waals surface area contributed by atoms with E-state index in [1.54, 1.807) is 25.3 Å². The molecule has 0 saturated heterocycles. The predicted molar refractivity (Wildman–Crippen MR) is 107 cm³/mol. The minimum absolute atomic E-state index is 0.250. The Kier molecular flexibility index (Phi) is 5.44. The Bertz CT molecular complexity index is 898. The molecular formula is C19H18ClN3O2S. The predicted octanol–water partition coefficient (Wildman–Crippen LogP) is 3.78. The van der Waals surface area contributed by atoms with Gasteiger partial charge in [0.05, 0.1) is 24.4 Å². The minimum atomic E-state index is -0.405. The SMILES string of the molecule is COc1ccccc1NC(=O)C1=C(C)NC(=S)N[C@H]1c1cccc(Cl)c1.